The maximum atomic E-state index is 13.7. The van der Waals surface area contributed by atoms with E-state index in [2.05, 4.69) is 10.4 Å². The van der Waals surface area contributed by atoms with Crippen LogP contribution in [0.3, 0.4) is 0 Å². The molecule has 0 spiro atoms. The smallest absolute Gasteiger partial charge is 0.396 e. The summed E-state index contributed by atoms with van der Waals surface area (Å²) in [7, 11) is 0. The summed E-state index contributed by atoms with van der Waals surface area (Å²) in [4.78, 5) is 25.7. The number of hydrogen-bond donors (Lipinski definition) is 2. The van der Waals surface area contributed by atoms with Crippen molar-refractivity contribution in [2.24, 2.45) is 0 Å². The molecule has 3 aromatic rings. The van der Waals surface area contributed by atoms with Gasteiger partial charge in [-0.1, -0.05) is 18.2 Å². The van der Waals surface area contributed by atoms with E-state index < -0.39 is 35.1 Å². The molecule has 10 heteroatoms. The third-order valence-corrected chi connectivity index (χ3v) is 4.66. The fraction of sp³-hybridized carbons (Fsp3) is 0.227. The number of benzene rings is 2. The first-order valence-corrected chi connectivity index (χ1v) is 9.60. The molecule has 0 radical (unpaired) electrons. The summed E-state index contributed by atoms with van der Waals surface area (Å²) < 4.78 is 53.2. The number of carbonyl (C=O) groups is 1. The molecule has 1 aromatic heterocycles. The molecular formula is C22H19F4N3O3. The molecule has 0 saturated heterocycles. The Morgan fingerprint density at radius 3 is 2.44 bits per heavy atom. The Kier molecular flexibility index (Phi) is 6.73. The SMILES string of the molecule is C[C@H](CCO)NC(=O)c1cc(-c2ccc(C(F)(F)F)cc2)nn(-c2cccc(F)c2)c1=O. The normalized spacial score (nSPS) is 12.4. The number of amides is 1. The van der Waals surface area contributed by atoms with Crippen molar-refractivity contribution >= 4 is 5.91 Å². The molecule has 0 fully saturated rings. The van der Waals surface area contributed by atoms with E-state index in [-0.39, 0.29) is 35.5 Å². The lowest BCUT2D eigenvalue weighted by Gasteiger charge is -2.15. The van der Waals surface area contributed by atoms with Crippen molar-refractivity contribution in [3.05, 3.63) is 81.9 Å². The second-order valence-corrected chi connectivity index (χ2v) is 7.10. The Morgan fingerprint density at radius 2 is 1.84 bits per heavy atom. The molecule has 3 rings (SSSR count). The number of nitrogens with zero attached hydrogens (tertiary/aromatic N) is 2. The molecule has 0 aliphatic carbocycles. The van der Waals surface area contributed by atoms with Gasteiger partial charge in [-0.15, -0.1) is 0 Å². The first kappa shape index (κ1) is 23.1. The predicted octanol–water partition coefficient (Wildman–Crippen LogP) is 3.56. The van der Waals surface area contributed by atoms with E-state index in [0.29, 0.717) is 0 Å². The van der Waals surface area contributed by atoms with Crippen molar-refractivity contribution in [1.82, 2.24) is 15.1 Å². The number of nitrogens with one attached hydrogen (secondary N) is 1. The molecule has 1 atom stereocenters. The highest BCUT2D eigenvalue weighted by Gasteiger charge is 2.30. The molecule has 168 valence electrons. The number of alkyl halides is 3. The van der Waals surface area contributed by atoms with Crippen molar-refractivity contribution in [2.45, 2.75) is 25.6 Å². The fourth-order valence-corrected chi connectivity index (χ4v) is 2.98. The minimum absolute atomic E-state index is 0.0428. The van der Waals surface area contributed by atoms with E-state index >= 15 is 0 Å². The van der Waals surface area contributed by atoms with Gasteiger partial charge in [0.1, 0.15) is 11.4 Å². The van der Waals surface area contributed by atoms with Gasteiger partial charge in [-0.2, -0.15) is 23.0 Å². The molecule has 0 bridgehead atoms. The predicted molar refractivity (Wildman–Crippen MR) is 109 cm³/mol. The molecule has 1 amide bonds. The third kappa shape index (κ3) is 5.20. The summed E-state index contributed by atoms with van der Waals surface area (Å²) in [5.74, 6) is -1.39. The van der Waals surface area contributed by atoms with Gasteiger partial charge in [0.05, 0.1) is 16.9 Å². The third-order valence-electron chi connectivity index (χ3n) is 4.66. The van der Waals surface area contributed by atoms with E-state index in [1.807, 2.05) is 0 Å². The lowest BCUT2D eigenvalue weighted by atomic mass is 10.1. The molecule has 6 nitrogen and oxygen atoms in total. The number of halogens is 4. The zero-order valence-electron chi connectivity index (χ0n) is 16.9. The van der Waals surface area contributed by atoms with Gasteiger partial charge in [-0.05, 0) is 49.7 Å². The monoisotopic (exact) mass is 449 g/mol. The van der Waals surface area contributed by atoms with Gasteiger partial charge >= 0.3 is 6.18 Å². The molecule has 2 N–H and O–H groups in total. The molecule has 32 heavy (non-hydrogen) atoms. The van der Waals surface area contributed by atoms with Crippen LogP contribution in [0.5, 0.6) is 0 Å². The summed E-state index contributed by atoms with van der Waals surface area (Å²) in [5, 5.41) is 15.7. The highest BCUT2D eigenvalue weighted by Crippen LogP contribution is 2.30. The van der Waals surface area contributed by atoms with E-state index in [0.717, 1.165) is 22.9 Å². The van der Waals surface area contributed by atoms with Gasteiger partial charge in [0.25, 0.3) is 11.5 Å². The van der Waals surface area contributed by atoms with Crippen molar-refractivity contribution in [3.63, 3.8) is 0 Å². The molecule has 1 heterocycles. The van der Waals surface area contributed by atoms with E-state index in [9.17, 15) is 27.2 Å². The van der Waals surface area contributed by atoms with Gasteiger partial charge in [0.15, 0.2) is 0 Å². The number of aromatic nitrogens is 2. The van der Waals surface area contributed by atoms with Crippen LogP contribution >= 0.6 is 0 Å². The zero-order valence-corrected chi connectivity index (χ0v) is 16.9. The molecular weight excluding hydrogens is 430 g/mol. The highest BCUT2D eigenvalue weighted by atomic mass is 19.4. The van der Waals surface area contributed by atoms with Crippen LogP contribution in [0, 0.1) is 5.82 Å². The van der Waals surface area contributed by atoms with Crippen LogP contribution in [0.4, 0.5) is 17.6 Å². The first-order chi connectivity index (χ1) is 15.1. The summed E-state index contributed by atoms with van der Waals surface area (Å²) in [6, 6.07) is 9.74. The zero-order chi connectivity index (χ0) is 23.5. The standard InChI is InChI=1S/C22H19F4N3O3/c1-13(9-10-30)27-20(31)18-12-19(14-5-7-15(8-6-14)22(24,25)26)28-29(21(18)32)17-4-2-3-16(23)11-17/h2-8,11-13,30H,9-10H2,1H3,(H,27,31)/t13-/m1/s1. The second-order valence-electron chi connectivity index (χ2n) is 7.10. The minimum atomic E-state index is -4.53. The second kappa shape index (κ2) is 9.31. The number of aliphatic hydroxyl groups excluding tert-OH is 1. The van der Waals surface area contributed by atoms with Gasteiger partial charge in [0, 0.05) is 18.2 Å². The number of carbonyl (C=O) groups excluding carboxylic acids is 1. The van der Waals surface area contributed by atoms with E-state index in [4.69, 9.17) is 5.11 Å². The summed E-state index contributed by atoms with van der Waals surface area (Å²) in [6.45, 7) is 1.46. The lowest BCUT2D eigenvalue weighted by Crippen LogP contribution is -2.38. The van der Waals surface area contributed by atoms with Crippen LogP contribution in [0.15, 0.2) is 59.4 Å². The summed E-state index contributed by atoms with van der Waals surface area (Å²) in [6.07, 6.45) is -4.28. The maximum Gasteiger partial charge on any atom is 0.416 e. The molecule has 0 unspecified atom stereocenters. The average molecular weight is 449 g/mol. The average Bonchev–Trinajstić information content (AvgIpc) is 2.73. The summed E-state index contributed by atoms with van der Waals surface area (Å²) in [5.41, 5.74) is -1.72. The van der Waals surface area contributed by atoms with Crippen LogP contribution in [0.2, 0.25) is 0 Å². The Labute approximate surface area is 180 Å². The van der Waals surface area contributed by atoms with Crippen molar-refractivity contribution in [3.8, 4) is 16.9 Å². The van der Waals surface area contributed by atoms with Crippen molar-refractivity contribution in [2.75, 3.05) is 6.61 Å². The highest BCUT2D eigenvalue weighted by molar-refractivity contribution is 5.95. The van der Waals surface area contributed by atoms with Gasteiger partial charge < -0.3 is 10.4 Å². The van der Waals surface area contributed by atoms with E-state index in [1.54, 1.807) is 6.92 Å². The quantitative estimate of drug-likeness (QED) is 0.564. The van der Waals surface area contributed by atoms with Crippen LogP contribution in [0.1, 0.15) is 29.3 Å². The Morgan fingerprint density at radius 1 is 1.16 bits per heavy atom. The Balaban J connectivity index is 2.14. The van der Waals surface area contributed by atoms with Crippen molar-refractivity contribution in [1.29, 1.82) is 0 Å². The van der Waals surface area contributed by atoms with Gasteiger partial charge in [-0.25, -0.2) is 4.39 Å². The number of rotatable bonds is 6. The topological polar surface area (TPSA) is 84.2 Å². The van der Waals surface area contributed by atoms with Crippen LogP contribution in [-0.2, 0) is 6.18 Å². The lowest BCUT2D eigenvalue weighted by molar-refractivity contribution is -0.137. The number of aliphatic hydroxyl groups is 1. The first-order valence-electron chi connectivity index (χ1n) is 9.60. The largest absolute Gasteiger partial charge is 0.416 e. The van der Waals surface area contributed by atoms with Gasteiger partial charge in [0.2, 0.25) is 0 Å². The molecule has 2 aromatic carbocycles. The van der Waals surface area contributed by atoms with Crippen LogP contribution in [-0.4, -0.2) is 33.4 Å². The number of hydrogen-bond acceptors (Lipinski definition) is 4. The van der Waals surface area contributed by atoms with Crippen LogP contribution < -0.4 is 10.9 Å². The van der Waals surface area contributed by atoms with Crippen LogP contribution in [0.25, 0.3) is 16.9 Å². The summed E-state index contributed by atoms with van der Waals surface area (Å²) >= 11 is 0. The molecule has 0 saturated carbocycles. The molecule has 0 aliphatic heterocycles. The minimum Gasteiger partial charge on any atom is -0.396 e. The Bertz CT molecular complexity index is 1170. The van der Waals surface area contributed by atoms with Crippen molar-refractivity contribution < 1.29 is 27.5 Å². The Hall–Kier alpha value is -3.53. The molecule has 0 aliphatic rings. The van der Waals surface area contributed by atoms with Gasteiger partial charge in [-0.3, -0.25) is 9.59 Å². The van der Waals surface area contributed by atoms with E-state index in [1.165, 1.54) is 36.4 Å². The maximum absolute atomic E-state index is 13.7. The fourth-order valence-electron chi connectivity index (χ4n) is 2.98.